The summed E-state index contributed by atoms with van der Waals surface area (Å²) in [6, 6.07) is 9.78. The van der Waals surface area contributed by atoms with E-state index in [1.807, 2.05) is 26.8 Å². The SMILES string of the molecule is C=CCOc1c(C=Nn2c(C(C)(C)C)nc3ccc(Br)cc3c2=O)cccc1[N+](=O)[O-]. The molecule has 0 radical (unpaired) electrons. The highest BCUT2D eigenvalue weighted by Crippen LogP contribution is 2.30. The van der Waals surface area contributed by atoms with Gasteiger partial charge in [0, 0.05) is 21.5 Å². The maximum Gasteiger partial charge on any atom is 0.311 e. The van der Waals surface area contributed by atoms with Gasteiger partial charge in [-0.3, -0.25) is 14.9 Å². The Hall–Kier alpha value is -3.33. The molecule has 0 aliphatic heterocycles. The number of ether oxygens (including phenoxy) is 1. The first-order valence-electron chi connectivity index (χ1n) is 9.41. The van der Waals surface area contributed by atoms with Crippen molar-refractivity contribution >= 4 is 38.7 Å². The van der Waals surface area contributed by atoms with Gasteiger partial charge in [-0.2, -0.15) is 9.78 Å². The Labute approximate surface area is 187 Å². The van der Waals surface area contributed by atoms with Crippen molar-refractivity contribution in [1.82, 2.24) is 9.66 Å². The van der Waals surface area contributed by atoms with Crippen molar-refractivity contribution < 1.29 is 9.66 Å². The fraction of sp³-hybridized carbons (Fsp3) is 0.227. The lowest BCUT2D eigenvalue weighted by Gasteiger charge is -2.21. The number of aromatic nitrogens is 2. The number of benzene rings is 2. The molecule has 0 bridgehead atoms. The van der Waals surface area contributed by atoms with Crippen LogP contribution in [0.4, 0.5) is 5.69 Å². The minimum Gasteiger partial charge on any atom is -0.482 e. The lowest BCUT2D eigenvalue weighted by molar-refractivity contribution is -0.385. The van der Waals surface area contributed by atoms with E-state index in [0.29, 0.717) is 22.3 Å². The van der Waals surface area contributed by atoms with Crippen molar-refractivity contribution in [2.24, 2.45) is 5.10 Å². The fourth-order valence-electron chi connectivity index (χ4n) is 2.95. The number of nitro groups is 1. The summed E-state index contributed by atoms with van der Waals surface area (Å²) in [5, 5.41) is 16.2. The fourth-order valence-corrected chi connectivity index (χ4v) is 3.31. The molecule has 1 aromatic heterocycles. The van der Waals surface area contributed by atoms with Crippen molar-refractivity contribution in [3.8, 4) is 5.75 Å². The Balaban J connectivity index is 2.23. The van der Waals surface area contributed by atoms with Crippen molar-refractivity contribution in [1.29, 1.82) is 0 Å². The predicted octanol–water partition coefficient (Wildman–Crippen LogP) is 4.81. The second-order valence-corrected chi connectivity index (χ2v) is 8.68. The maximum absolute atomic E-state index is 13.2. The molecule has 3 aromatic rings. The van der Waals surface area contributed by atoms with E-state index in [4.69, 9.17) is 4.74 Å². The van der Waals surface area contributed by atoms with Gasteiger partial charge in [0.25, 0.3) is 5.56 Å². The summed E-state index contributed by atoms with van der Waals surface area (Å²) >= 11 is 3.38. The first kappa shape index (κ1) is 22.4. The van der Waals surface area contributed by atoms with E-state index in [1.165, 1.54) is 29.1 Å². The van der Waals surface area contributed by atoms with Crippen LogP contribution in [0.15, 0.2) is 63.4 Å². The van der Waals surface area contributed by atoms with Gasteiger partial charge in [-0.1, -0.05) is 55.4 Å². The molecule has 0 fully saturated rings. The van der Waals surface area contributed by atoms with E-state index in [0.717, 1.165) is 4.47 Å². The standard InChI is InChI=1S/C22H21BrN4O4/c1-5-11-31-19-14(7-6-8-18(19)27(29)30)13-24-26-20(28)16-12-15(23)9-10-17(16)25-21(26)22(2,3)4/h5-10,12-13H,1,11H2,2-4H3. The zero-order valence-electron chi connectivity index (χ0n) is 17.3. The second-order valence-electron chi connectivity index (χ2n) is 7.76. The highest BCUT2D eigenvalue weighted by Gasteiger charge is 2.23. The van der Waals surface area contributed by atoms with Crippen LogP contribution in [0.25, 0.3) is 10.9 Å². The number of nitrogens with zero attached hydrogens (tertiary/aromatic N) is 4. The van der Waals surface area contributed by atoms with Crippen LogP contribution in [0, 0.1) is 10.1 Å². The lowest BCUT2D eigenvalue weighted by Crippen LogP contribution is -2.29. The van der Waals surface area contributed by atoms with E-state index >= 15 is 0 Å². The molecule has 0 saturated heterocycles. The second kappa shape index (κ2) is 8.81. The Morgan fingerprint density at radius 2 is 2.06 bits per heavy atom. The van der Waals surface area contributed by atoms with Gasteiger partial charge in [0.05, 0.1) is 22.0 Å². The molecule has 0 saturated carbocycles. The van der Waals surface area contributed by atoms with Crippen LogP contribution in [0.5, 0.6) is 5.75 Å². The quantitative estimate of drug-likeness (QED) is 0.216. The summed E-state index contributed by atoms with van der Waals surface area (Å²) in [6.07, 6.45) is 2.86. The van der Waals surface area contributed by atoms with Crippen LogP contribution in [-0.2, 0) is 5.41 Å². The molecule has 9 heteroatoms. The molecule has 0 amide bonds. The van der Waals surface area contributed by atoms with Crippen molar-refractivity contribution in [2.75, 3.05) is 6.61 Å². The van der Waals surface area contributed by atoms with Crippen LogP contribution in [0.3, 0.4) is 0 Å². The molecule has 31 heavy (non-hydrogen) atoms. The van der Waals surface area contributed by atoms with E-state index in [2.05, 4.69) is 32.6 Å². The van der Waals surface area contributed by atoms with Gasteiger partial charge in [0.2, 0.25) is 5.75 Å². The molecule has 1 heterocycles. The number of nitro benzene ring substituents is 1. The summed E-state index contributed by atoms with van der Waals surface area (Å²) in [5.41, 5.74) is -0.101. The average molecular weight is 485 g/mol. The molecular formula is C22H21BrN4O4. The van der Waals surface area contributed by atoms with Crippen molar-refractivity contribution in [3.63, 3.8) is 0 Å². The van der Waals surface area contributed by atoms with Gasteiger partial charge in [0.15, 0.2) is 0 Å². The van der Waals surface area contributed by atoms with Crippen LogP contribution >= 0.6 is 15.9 Å². The molecule has 0 N–H and O–H groups in total. The summed E-state index contributed by atoms with van der Waals surface area (Å²) in [5.74, 6) is 0.514. The molecule has 2 aromatic carbocycles. The molecule has 0 aliphatic carbocycles. The lowest BCUT2D eigenvalue weighted by atomic mass is 9.95. The number of hydrogen-bond donors (Lipinski definition) is 0. The first-order chi connectivity index (χ1) is 14.6. The van der Waals surface area contributed by atoms with E-state index in [9.17, 15) is 14.9 Å². The van der Waals surface area contributed by atoms with Crippen molar-refractivity contribution in [3.05, 3.63) is 85.4 Å². The Kier molecular flexibility index (Phi) is 6.35. The Morgan fingerprint density at radius 1 is 1.32 bits per heavy atom. The topological polar surface area (TPSA) is 99.6 Å². The number of rotatable bonds is 6. The van der Waals surface area contributed by atoms with Crippen LogP contribution in [0.2, 0.25) is 0 Å². The van der Waals surface area contributed by atoms with Gasteiger partial charge in [-0.15, -0.1) is 0 Å². The molecule has 0 atom stereocenters. The molecular weight excluding hydrogens is 464 g/mol. The van der Waals surface area contributed by atoms with Gasteiger partial charge in [-0.05, 0) is 24.3 Å². The highest BCUT2D eigenvalue weighted by molar-refractivity contribution is 9.10. The van der Waals surface area contributed by atoms with Crippen molar-refractivity contribution in [2.45, 2.75) is 26.2 Å². The third kappa shape index (κ3) is 4.72. The molecule has 0 spiro atoms. The Morgan fingerprint density at radius 3 is 2.71 bits per heavy atom. The Bertz CT molecular complexity index is 1260. The van der Waals surface area contributed by atoms with Gasteiger partial charge < -0.3 is 4.74 Å². The van der Waals surface area contributed by atoms with E-state index in [1.54, 1.807) is 18.2 Å². The minimum absolute atomic E-state index is 0.0537. The highest BCUT2D eigenvalue weighted by atomic mass is 79.9. The minimum atomic E-state index is -0.530. The van der Waals surface area contributed by atoms with Gasteiger partial charge in [0.1, 0.15) is 12.4 Å². The third-order valence-corrected chi connectivity index (χ3v) is 4.85. The summed E-state index contributed by atoms with van der Waals surface area (Å²) < 4.78 is 7.49. The predicted molar refractivity (Wildman–Crippen MR) is 124 cm³/mol. The zero-order chi connectivity index (χ0) is 22.8. The summed E-state index contributed by atoms with van der Waals surface area (Å²) in [6.45, 7) is 9.45. The molecule has 0 aliphatic rings. The van der Waals surface area contributed by atoms with E-state index < -0.39 is 10.3 Å². The largest absolute Gasteiger partial charge is 0.482 e. The van der Waals surface area contributed by atoms with E-state index in [-0.39, 0.29) is 23.6 Å². The molecule has 8 nitrogen and oxygen atoms in total. The summed E-state index contributed by atoms with van der Waals surface area (Å²) in [4.78, 5) is 28.8. The third-order valence-electron chi connectivity index (χ3n) is 4.36. The number of hydrogen-bond acceptors (Lipinski definition) is 6. The smallest absolute Gasteiger partial charge is 0.311 e. The number of halogens is 1. The molecule has 0 unspecified atom stereocenters. The summed E-state index contributed by atoms with van der Waals surface area (Å²) in [7, 11) is 0. The number of para-hydroxylation sites is 1. The van der Waals surface area contributed by atoms with Crippen LogP contribution < -0.4 is 10.3 Å². The number of fused-ring (bicyclic) bond motifs is 1. The monoisotopic (exact) mass is 484 g/mol. The molecule has 160 valence electrons. The maximum atomic E-state index is 13.2. The normalized spacial score (nSPS) is 11.7. The van der Waals surface area contributed by atoms with Gasteiger partial charge in [-0.25, -0.2) is 4.98 Å². The van der Waals surface area contributed by atoms with Crippen LogP contribution in [0.1, 0.15) is 32.2 Å². The van der Waals surface area contributed by atoms with Crippen LogP contribution in [-0.4, -0.2) is 27.4 Å². The van der Waals surface area contributed by atoms with Gasteiger partial charge >= 0.3 is 5.69 Å². The first-order valence-corrected chi connectivity index (χ1v) is 10.2. The zero-order valence-corrected chi connectivity index (χ0v) is 18.9. The molecule has 3 rings (SSSR count). The average Bonchev–Trinajstić information content (AvgIpc) is 2.71.